The van der Waals surface area contributed by atoms with Crippen LogP contribution in [0, 0.1) is 0 Å². The van der Waals surface area contributed by atoms with Gasteiger partial charge in [-0.2, -0.15) is 5.10 Å². The third-order valence-corrected chi connectivity index (χ3v) is 4.61. The second-order valence-corrected chi connectivity index (χ2v) is 6.25. The quantitative estimate of drug-likeness (QED) is 0.853. The Labute approximate surface area is 131 Å². The van der Waals surface area contributed by atoms with Gasteiger partial charge in [0.15, 0.2) is 0 Å². The van der Waals surface area contributed by atoms with E-state index in [2.05, 4.69) is 15.3 Å². The van der Waals surface area contributed by atoms with Crippen LogP contribution in [-0.4, -0.2) is 59.0 Å². The van der Waals surface area contributed by atoms with Gasteiger partial charge in [0.1, 0.15) is 0 Å². The van der Waals surface area contributed by atoms with Crippen LogP contribution in [0.3, 0.4) is 0 Å². The fourth-order valence-corrected chi connectivity index (χ4v) is 3.40. The highest BCUT2D eigenvalue weighted by Crippen LogP contribution is 2.19. The average Bonchev–Trinajstić information content (AvgIpc) is 3.20. The van der Waals surface area contributed by atoms with E-state index >= 15 is 0 Å². The molecule has 122 valence electrons. The number of piperidine rings is 1. The van der Waals surface area contributed by atoms with E-state index in [1.807, 2.05) is 16.9 Å². The Balaban J connectivity index is 1.41. The summed E-state index contributed by atoms with van der Waals surface area (Å²) in [5.74, 6) is 0.129. The zero-order valence-corrected chi connectivity index (χ0v) is 13.1. The number of hydrogen-bond acceptors (Lipinski definition) is 4. The number of rotatable bonds is 6. The van der Waals surface area contributed by atoms with Gasteiger partial charge >= 0.3 is 0 Å². The van der Waals surface area contributed by atoms with Crippen molar-refractivity contribution in [1.29, 1.82) is 0 Å². The topological polar surface area (TPSA) is 59.4 Å². The zero-order chi connectivity index (χ0) is 15.2. The second-order valence-electron chi connectivity index (χ2n) is 6.25. The lowest BCUT2D eigenvalue weighted by Gasteiger charge is -2.34. The van der Waals surface area contributed by atoms with E-state index in [0.29, 0.717) is 19.1 Å². The first-order valence-corrected chi connectivity index (χ1v) is 8.41. The van der Waals surface area contributed by atoms with Gasteiger partial charge in [-0.15, -0.1) is 0 Å². The van der Waals surface area contributed by atoms with Crippen molar-refractivity contribution in [3.05, 3.63) is 18.5 Å². The summed E-state index contributed by atoms with van der Waals surface area (Å²) >= 11 is 0. The van der Waals surface area contributed by atoms with Gasteiger partial charge < -0.3 is 10.1 Å². The molecule has 2 atom stereocenters. The van der Waals surface area contributed by atoms with Crippen LogP contribution in [0.25, 0.3) is 0 Å². The average molecular weight is 306 g/mol. The number of nitrogens with zero attached hydrogens (tertiary/aromatic N) is 3. The van der Waals surface area contributed by atoms with Crippen molar-refractivity contribution in [2.45, 2.75) is 50.7 Å². The molecular weight excluding hydrogens is 280 g/mol. The van der Waals surface area contributed by atoms with Crippen LogP contribution in [0.2, 0.25) is 0 Å². The van der Waals surface area contributed by atoms with Crippen LogP contribution in [0.5, 0.6) is 0 Å². The van der Waals surface area contributed by atoms with Gasteiger partial charge in [0.25, 0.3) is 0 Å². The van der Waals surface area contributed by atoms with Gasteiger partial charge in [-0.05, 0) is 38.4 Å². The minimum Gasteiger partial charge on any atom is -0.378 e. The monoisotopic (exact) mass is 306 g/mol. The maximum Gasteiger partial charge on any atom is 0.220 e. The van der Waals surface area contributed by atoms with Gasteiger partial charge in [-0.3, -0.25) is 14.4 Å². The minimum absolute atomic E-state index is 0.129. The molecule has 2 aliphatic rings. The first-order chi connectivity index (χ1) is 10.8. The number of amides is 1. The summed E-state index contributed by atoms with van der Waals surface area (Å²) in [6.07, 6.45) is 8.91. The Hall–Kier alpha value is -1.40. The summed E-state index contributed by atoms with van der Waals surface area (Å²) in [7, 11) is 0. The molecule has 3 rings (SSSR count). The summed E-state index contributed by atoms with van der Waals surface area (Å²) in [6.45, 7) is 4.46. The Morgan fingerprint density at radius 2 is 2.14 bits per heavy atom. The molecule has 0 bridgehead atoms. The van der Waals surface area contributed by atoms with Crippen LogP contribution in [-0.2, 0) is 16.1 Å². The minimum atomic E-state index is 0.129. The van der Waals surface area contributed by atoms with Crippen LogP contribution in [0.15, 0.2) is 18.5 Å². The van der Waals surface area contributed by atoms with E-state index in [1.54, 1.807) is 6.20 Å². The summed E-state index contributed by atoms with van der Waals surface area (Å²) in [4.78, 5) is 14.6. The van der Waals surface area contributed by atoms with Crippen LogP contribution in [0.4, 0.5) is 0 Å². The van der Waals surface area contributed by atoms with Crippen molar-refractivity contribution >= 4 is 5.91 Å². The molecule has 1 amide bonds. The van der Waals surface area contributed by atoms with E-state index < -0.39 is 0 Å². The lowest BCUT2D eigenvalue weighted by atomic mass is 10.0. The van der Waals surface area contributed by atoms with E-state index in [9.17, 15) is 4.79 Å². The maximum absolute atomic E-state index is 12.1. The molecule has 2 saturated heterocycles. The van der Waals surface area contributed by atoms with E-state index in [0.717, 1.165) is 32.7 Å². The van der Waals surface area contributed by atoms with Gasteiger partial charge in [0.05, 0.1) is 25.3 Å². The molecular formula is C16H26N4O2. The molecule has 6 nitrogen and oxygen atoms in total. The standard InChI is InChI=1S/C16H26N4O2/c21-16(6-4-10-20-11-5-7-17-20)18-14-12-22-13-15(14)19-8-2-1-3-9-19/h5,7,11,14-15H,1-4,6,8-10,12-13H2,(H,18,21)/t14-,15-/m1/s1. The van der Waals surface area contributed by atoms with Gasteiger partial charge in [0, 0.05) is 25.4 Å². The number of carbonyl (C=O) groups is 1. The highest BCUT2D eigenvalue weighted by molar-refractivity contribution is 5.76. The van der Waals surface area contributed by atoms with Gasteiger partial charge in [-0.25, -0.2) is 0 Å². The van der Waals surface area contributed by atoms with Crippen molar-refractivity contribution < 1.29 is 9.53 Å². The molecule has 0 aromatic carbocycles. The fraction of sp³-hybridized carbons (Fsp3) is 0.750. The zero-order valence-electron chi connectivity index (χ0n) is 13.1. The number of likely N-dealkylation sites (tertiary alicyclic amines) is 1. The smallest absolute Gasteiger partial charge is 0.220 e. The maximum atomic E-state index is 12.1. The molecule has 0 radical (unpaired) electrons. The van der Waals surface area contributed by atoms with E-state index in [4.69, 9.17) is 4.74 Å². The number of ether oxygens (including phenoxy) is 1. The van der Waals surface area contributed by atoms with Gasteiger partial charge in [-0.1, -0.05) is 6.42 Å². The lowest BCUT2D eigenvalue weighted by Crippen LogP contribution is -2.52. The lowest BCUT2D eigenvalue weighted by molar-refractivity contribution is -0.122. The van der Waals surface area contributed by atoms with E-state index in [1.165, 1.54) is 19.3 Å². The number of carbonyl (C=O) groups excluding carboxylic acids is 1. The largest absolute Gasteiger partial charge is 0.378 e. The number of aromatic nitrogens is 2. The highest BCUT2D eigenvalue weighted by Gasteiger charge is 2.34. The molecule has 1 aromatic rings. The Bertz CT molecular complexity index is 457. The third kappa shape index (κ3) is 4.08. The normalized spacial score (nSPS) is 26.2. The molecule has 2 fully saturated rings. The molecule has 1 aromatic heterocycles. The SMILES string of the molecule is O=C(CCCn1cccn1)N[C@@H]1COC[C@H]1N1CCCCC1. The highest BCUT2D eigenvalue weighted by atomic mass is 16.5. The van der Waals surface area contributed by atoms with Crippen LogP contribution >= 0.6 is 0 Å². The molecule has 22 heavy (non-hydrogen) atoms. The predicted molar refractivity (Wildman–Crippen MR) is 83.4 cm³/mol. The summed E-state index contributed by atoms with van der Waals surface area (Å²) < 4.78 is 7.48. The Morgan fingerprint density at radius 1 is 1.27 bits per heavy atom. The van der Waals surface area contributed by atoms with Crippen molar-refractivity contribution in [2.24, 2.45) is 0 Å². The van der Waals surface area contributed by atoms with Crippen molar-refractivity contribution in [1.82, 2.24) is 20.0 Å². The fourth-order valence-electron chi connectivity index (χ4n) is 3.40. The predicted octanol–water partition coefficient (Wildman–Crippen LogP) is 1.03. The van der Waals surface area contributed by atoms with Gasteiger partial charge in [0.2, 0.25) is 5.91 Å². The van der Waals surface area contributed by atoms with Crippen LogP contribution < -0.4 is 5.32 Å². The molecule has 2 aliphatic heterocycles. The summed E-state index contributed by atoms with van der Waals surface area (Å²) in [5, 5.41) is 7.32. The second kappa shape index (κ2) is 7.74. The third-order valence-electron chi connectivity index (χ3n) is 4.61. The number of nitrogens with one attached hydrogen (secondary N) is 1. The molecule has 6 heteroatoms. The molecule has 1 N–H and O–H groups in total. The molecule has 3 heterocycles. The first-order valence-electron chi connectivity index (χ1n) is 8.41. The number of aryl methyl sites for hydroxylation is 1. The number of hydrogen-bond donors (Lipinski definition) is 1. The van der Waals surface area contributed by atoms with Crippen molar-refractivity contribution in [3.8, 4) is 0 Å². The van der Waals surface area contributed by atoms with E-state index in [-0.39, 0.29) is 11.9 Å². The summed E-state index contributed by atoms with van der Waals surface area (Å²) in [6, 6.07) is 2.41. The molecule has 0 unspecified atom stereocenters. The van der Waals surface area contributed by atoms with Crippen molar-refractivity contribution in [2.75, 3.05) is 26.3 Å². The Morgan fingerprint density at radius 3 is 2.91 bits per heavy atom. The molecule has 0 saturated carbocycles. The Kier molecular flexibility index (Phi) is 5.45. The molecule has 0 spiro atoms. The first kappa shape index (κ1) is 15.5. The summed E-state index contributed by atoms with van der Waals surface area (Å²) in [5.41, 5.74) is 0. The van der Waals surface area contributed by atoms with Crippen molar-refractivity contribution in [3.63, 3.8) is 0 Å². The molecule has 0 aliphatic carbocycles. The van der Waals surface area contributed by atoms with Crippen LogP contribution in [0.1, 0.15) is 32.1 Å².